The number of hydrogen-bond acceptors (Lipinski definition) is 2. The topological polar surface area (TPSA) is 21.3 Å². The molecule has 2 atom stereocenters. The molecule has 1 aliphatic rings. The van der Waals surface area contributed by atoms with Gasteiger partial charge in [-0.15, -0.1) is 0 Å². The third-order valence-electron chi connectivity index (χ3n) is 3.61. The van der Waals surface area contributed by atoms with Gasteiger partial charge in [-0.25, -0.2) is 0 Å². The Morgan fingerprint density at radius 3 is 2.29 bits per heavy atom. The van der Waals surface area contributed by atoms with E-state index in [4.69, 9.17) is 4.74 Å². The summed E-state index contributed by atoms with van der Waals surface area (Å²) in [5.74, 6) is 1.71. The number of hydrogen-bond donors (Lipinski definition) is 1. The summed E-state index contributed by atoms with van der Waals surface area (Å²) in [7, 11) is 0. The first-order valence-electron chi connectivity index (χ1n) is 7.43. The van der Waals surface area contributed by atoms with Crippen LogP contribution in [0.5, 0.6) is 0 Å². The van der Waals surface area contributed by atoms with Crippen molar-refractivity contribution >= 4 is 0 Å². The van der Waals surface area contributed by atoms with Crippen LogP contribution in [0.4, 0.5) is 0 Å². The Bertz CT molecular complexity index is 183. The predicted molar refractivity (Wildman–Crippen MR) is 74.3 cm³/mol. The highest BCUT2D eigenvalue weighted by molar-refractivity contribution is 4.75. The van der Waals surface area contributed by atoms with E-state index < -0.39 is 0 Å². The fourth-order valence-electron chi connectivity index (χ4n) is 2.88. The van der Waals surface area contributed by atoms with Crippen molar-refractivity contribution in [1.29, 1.82) is 0 Å². The highest BCUT2D eigenvalue weighted by Gasteiger charge is 2.23. The summed E-state index contributed by atoms with van der Waals surface area (Å²) < 4.78 is 6.00. The van der Waals surface area contributed by atoms with Gasteiger partial charge < -0.3 is 10.1 Å². The van der Waals surface area contributed by atoms with Crippen molar-refractivity contribution in [2.24, 2.45) is 11.8 Å². The summed E-state index contributed by atoms with van der Waals surface area (Å²) in [6.45, 7) is 11.2. The summed E-state index contributed by atoms with van der Waals surface area (Å²) in [5.41, 5.74) is 0. The zero-order valence-electron chi connectivity index (χ0n) is 12.2. The van der Waals surface area contributed by atoms with Crippen LogP contribution in [-0.4, -0.2) is 25.3 Å². The third kappa shape index (κ3) is 7.05. The fourth-order valence-corrected chi connectivity index (χ4v) is 2.88. The van der Waals surface area contributed by atoms with E-state index in [-0.39, 0.29) is 0 Å². The average Bonchev–Trinajstić information content (AvgIpc) is 2.21. The molecule has 0 aromatic rings. The van der Waals surface area contributed by atoms with Gasteiger partial charge in [0.25, 0.3) is 0 Å². The van der Waals surface area contributed by atoms with Crippen LogP contribution in [0.15, 0.2) is 0 Å². The summed E-state index contributed by atoms with van der Waals surface area (Å²) in [6.07, 6.45) is 6.89. The van der Waals surface area contributed by atoms with E-state index in [2.05, 4.69) is 33.0 Å². The number of nitrogens with one attached hydrogen (secondary N) is 1. The maximum absolute atomic E-state index is 6.00. The van der Waals surface area contributed by atoms with Gasteiger partial charge >= 0.3 is 0 Å². The fraction of sp³-hybridized carbons (Fsp3) is 1.00. The lowest BCUT2D eigenvalue weighted by atomic mass is 9.82. The lowest BCUT2D eigenvalue weighted by molar-refractivity contribution is -0.000457. The van der Waals surface area contributed by atoms with E-state index in [1.54, 1.807) is 0 Å². The smallest absolute Gasteiger partial charge is 0.0580 e. The van der Waals surface area contributed by atoms with Gasteiger partial charge in [-0.2, -0.15) is 0 Å². The Hall–Kier alpha value is -0.0800. The minimum atomic E-state index is 0.534. The summed E-state index contributed by atoms with van der Waals surface area (Å²) in [5, 5.41) is 3.44. The first kappa shape index (κ1) is 15.0. The number of rotatable bonds is 7. The maximum atomic E-state index is 6.00. The largest absolute Gasteiger partial charge is 0.378 e. The van der Waals surface area contributed by atoms with Gasteiger partial charge in [0.15, 0.2) is 0 Å². The third-order valence-corrected chi connectivity index (χ3v) is 3.61. The van der Waals surface area contributed by atoms with Crippen LogP contribution in [0.2, 0.25) is 0 Å². The SMILES string of the molecule is CC1CC(C)CC(OCCCCNC(C)C)C1. The molecule has 0 bridgehead atoms. The van der Waals surface area contributed by atoms with E-state index in [1.807, 2.05) is 0 Å². The Morgan fingerprint density at radius 2 is 1.71 bits per heavy atom. The molecule has 1 fully saturated rings. The van der Waals surface area contributed by atoms with E-state index in [1.165, 1.54) is 32.1 Å². The molecule has 2 nitrogen and oxygen atoms in total. The first-order valence-corrected chi connectivity index (χ1v) is 7.43. The molecule has 1 rings (SSSR count). The monoisotopic (exact) mass is 241 g/mol. The Labute approximate surface area is 108 Å². The van der Waals surface area contributed by atoms with Gasteiger partial charge in [0.05, 0.1) is 6.10 Å². The average molecular weight is 241 g/mol. The molecule has 1 saturated carbocycles. The number of unbranched alkanes of at least 4 members (excludes halogenated alkanes) is 1. The molecule has 0 aliphatic heterocycles. The van der Waals surface area contributed by atoms with Crippen molar-refractivity contribution in [2.45, 2.75) is 71.9 Å². The van der Waals surface area contributed by atoms with Crippen molar-refractivity contribution in [1.82, 2.24) is 5.32 Å². The van der Waals surface area contributed by atoms with Crippen LogP contribution in [0.1, 0.15) is 59.8 Å². The Balaban J connectivity index is 1.98. The molecule has 0 saturated heterocycles. The predicted octanol–water partition coefficient (Wildman–Crippen LogP) is 3.61. The molecule has 2 unspecified atom stereocenters. The molecular weight excluding hydrogens is 210 g/mol. The minimum absolute atomic E-state index is 0.534. The van der Waals surface area contributed by atoms with E-state index in [9.17, 15) is 0 Å². The normalized spacial score (nSPS) is 29.8. The van der Waals surface area contributed by atoms with Crippen molar-refractivity contribution in [3.05, 3.63) is 0 Å². The molecule has 0 radical (unpaired) electrons. The second-order valence-corrected chi connectivity index (χ2v) is 6.23. The summed E-state index contributed by atoms with van der Waals surface area (Å²) in [4.78, 5) is 0. The maximum Gasteiger partial charge on any atom is 0.0580 e. The quantitative estimate of drug-likeness (QED) is 0.688. The van der Waals surface area contributed by atoms with Gasteiger partial charge in [-0.3, -0.25) is 0 Å². The lowest BCUT2D eigenvalue weighted by Gasteiger charge is -2.31. The van der Waals surface area contributed by atoms with Gasteiger partial charge in [0.2, 0.25) is 0 Å². The summed E-state index contributed by atoms with van der Waals surface area (Å²) in [6, 6.07) is 0.607. The van der Waals surface area contributed by atoms with Crippen LogP contribution < -0.4 is 5.32 Å². The van der Waals surface area contributed by atoms with Crippen molar-refractivity contribution in [2.75, 3.05) is 13.2 Å². The van der Waals surface area contributed by atoms with Crippen LogP contribution in [0.25, 0.3) is 0 Å². The van der Waals surface area contributed by atoms with E-state index >= 15 is 0 Å². The van der Waals surface area contributed by atoms with Crippen LogP contribution in [0.3, 0.4) is 0 Å². The van der Waals surface area contributed by atoms with Crippen LogP contribution >= 0.6 is 0 Å². The molecule has 0 aromatic carbocycles. The molecule has 0 spiro atoms. The van der Waals surface area contributed by atoms with Gasteiger partial charge in [-0.1, -0.05) is 27.7 Å². The molecule has 2 heteroatoms. The van der Waals surface area contributed by atoms with Crippen molar-refractivity contribution in [3.63, 3.8) is 0 Å². The molecule has 0 aromatic heterocycles. The first-order chi connectivity index (χ1) is 8.08. The van der Waals surface area contributed by atoms with Crippen molar-refractivity contribution < 1.29 is 4.74 Å². The molecule has 1 N–H and O–H groups in total. The number of ether oxygens (including phenoxy) is 1. The zero-order chi connectivity index (χ0) is 12.7. The highest BCUT2D eigenvalue weighted by atomic mass is 16.5. The molecule has 0 heterocycles. The van der Waals surface area contributed by atoms with Crippen molar-refractivity contribution in [3.8, 4) is 0 Å². The Kier molecular flexibility index (Phi) is 7.14. The van der Waals surface area contributed by atoms with Crippen LogP contribution in [-0.2, 0) is 4.74 Å². The zero-order valence-corrected chi connectivity index (χ0v) is 12.2. The molecular formula is C15H31NO. The highest BCUT2D eigenvalue weighted by Crippen LogP contribution is 2.30. The minimum Gasteiger partial charge on any atom is -0.378 e. The van der Waals surface area contributed by atoms with Crippen LogP contribution in [0, 0.1) is 11.8 Å². The molecule has 17 heavy (non-hydrogen) atoms. The molecule has 1 aliphatic carbocycles. The standard InChI is InChI=1S/C15H31NO/c1-12(2)16-7-5-6-8-17-15-10-13(3)9-14(4)11-15/h12-16H,5-11H2,1-4H3. The van der Waals surface area contributed by atoms with Gasteiger partial charge in [0, 0.05) is 12.6 Å². The molecule has 0 amide bonds. The van der Waals surface area contributed by atoms with Gasteiger partial charge in [0.1, 0.15) is 0 Å². The lowest BCUT2D eigenvalue weighted by Crippen LogP contribution is -2.27. The second kappa shape index (κ2) is 8.10. The Morgan fingerprint density at radius 1 is 1.06 bits per heavy atom. The summed E-state index contributed by atoms with van der Waals surface area (Å²) >= 11 is 0. The van der Waals surface area contributed by atoms with E-state index in [0.717, 1.165) is 25.0 Å². The van der Waals surface area contributed by atoms with Gasteiger partial charge in [-0.05, 0) is 50.5 Å². The second-order valence-electron chi connectivity index (χ2n) is 6.23. The van der Waals surface area contributed by atoms with E-state index in [0.29, 0.717) is 12.1 Å². The molecule has 102 valence electrons.